The Balaban J connectivity index is 1.57. The average Bonchev–Trinajstić information content (AvgIpc) is 3.17. The standard InChI is InChI=1S/C15H15F3N4O3S/c1-8(9-3-4-10-11(5-9)25-7-24-10)19-12(23)6-26-14-21-20-13(22(14)2)15(16,17)18/h3-5,8H,6-7H2,1-2H3,(H,19,23)/t8-/m1/s1. The molecule has 0 fully saturated rings. The van der Waals surface area contributed by atoms with Crippen molar-refractivity contribution in [1.29, 1.82) is 0 Å². The minimum atomic E-state index is -4.59. The molecule has 2 heterocycles. The fourth-order valence-electron chi connectivity index (χ4n) is 2.37. The van der Waals surface area contributed by atoms with Crippen molar-refractivity contribution in [2.45, 2.75) is 24.3 Å². The number of aromatic nitrogens is 3. The molecule has 0 bridgehead atoms. The quantitative estimate of drug-likeness (QED) is 0.794. The third-order valence-corrected chi connectivity index (χ3v) is 4.72. The minimum absolute atomic E-state index is 0.0169. The lowest BCUT2D eigenvalue weighted by atomic mass is 10.1. The van der Waals surface area contributed by atoms with Gasteiger partial charge in [-0.2, -0.15) is 13.2 Å². The van der Waals surface area contributed by atoms with Crippen molar-refractivity contribution in [3.8, 4) is 11.5 Å². The fourth-order valence-corrected chi connectivity index (χ4v) is 3.09. The van der Waals surface area contributed by atoms with Crippen molar-refractivity contribution in [2.24, 2.45) is 7.05 Å². The number of ether oxygens (including phenoxy) is 2. The lowest BCUT2D eigenvalue weighted by molar-refractivity contribution is -0.147. The summed E-state index contributed by atoms with van der Waals surface area (Å²) < 4.78 is 49.4. The number of fused-ring (bicyclic) bond motifs is 1. The van der Waals surface area contributed by atoms with E-state index >= 15 is 0 Å². The van der Waals surface area contributed by atoms with Gasteiger partial charge in [-0.05, 0) is 24.6 Å². The van der Waals surface area contributed by atoms with Crippen molar-refractivity contribution in [3.05, 3.63) is 29.6 Å². The Morgan fingerprint density at radius 1 is 1.35 bits per heavy atom. The maximum absolute atomic E-state index is 12.7. The summed E-state index contributed by atoms with van der Waals surface area (Å²) in [5.74, 6) is -0.271. The van der Waals surface area contributed by atoms with Crippen LogP contribution in [0.2, 0.25) is 0 Å². The molecule has 1 aliphatic heterocycles. The van der Waals surface area contributed by atoms with Crippen LogP contribution in [-0.2, 0) is 18.0 Å². The molecular weight excluding hydrogens is 373 g/mol. The first kappa shape index (κ1) is 18.4. The molecule has 1 atom stereocenters. The Kier molecular flexibility index (Phi) is 4.99. The number of hydrogen-bond acceptors (Lipinski definition) is 6. The first-order valence-electron chi connectivity index (χ1n) is 7.54. The van der Waals surface area contributed by atoms with Gasteiger partial charge in [-0.15, -0.1) is 10.2 Å². The van der Waals surface area contributed by atoms with Crippen LogP contribution in [0.1, 0.15) is 24.4 Å². The van der Waals surface area contributed by atoms with Gasteiger partial charge in [-0.1, -0.05) is 17.8 Å². The topological polar surface area (TPSA) is 78.3 Å². The summed E-state index contributed by atoms with van der Waals surface area (Å²) in [6.45, 7) is 1.96. The third-order valence-electron chi connectivity index (χ3n) is 3.69. The lowest BCUT2D eigenvalue weighted by Gasteiger charge is -2.14. The SMILES string of the molecule is C[C@@H](NC(=O)CSc1nnc(C(F)(F)F)n1C)c1ccc2c(c1)OCO2. The van der Waals surface area contributed by atoms with Crippen molar-refractivity contribution in [1.82, 2.24) is 20.1 Å². The van der Waals surface area contributed by atoms with Crippen molar-refractivity contribution in [3.63, 3.8) is 0 Å². The Labute approximate surface area is 150 Å². The smallest absolute Gasteiger partial charge is 0.451 e. The summed E-state index contributed by atoms with van der Waals surface area (Å²) >= 11 is 0.882. The van der Waals surface area contributed by atoms with Crippen LogP contribution in [0, 0.1) is 0 Å². The van der Waals surface area contributed by atoms with Crippen LogP contribution in [0.25, 0.3) is 0 Å². The van der Waals surface area contributed by atoms with Gasteiger partial charge < -0.3 is 19.4 Å². The first-order chi connectivity index (χ1) is 12.3. The van der Waals surface area contributed by atoms with E-state index in [1.807, 2.05) is 6.07 Å². The highest BCUT2D eigenvalue weighted by atomic mass is 32.2. The molecule has 1 aromatic carbocycles. The monoisotopic (exact) mass is 388 g/mol. The molecule has 0 saturated heterocycles. The normalized spacial score (nSPS) is 14.3. The summed E-state index contributed by atoms with van der Waals surface area (Å²) in [5, 5.41) is 9.39. The number of thioether (sulfide) groups is 1. The molecule has 1 N–H and O–H groups in total. The lowest BCUT2D eigenvalue weighted by Crippen LogP contribution is -2.28. The molecule has 11 heteroatoms. The van der Waals surface area contributed by atoms with E-state index in [0.717, 1.165) is 21.9 Å². The molecule has 26 heavy (non-hydrogen) atoms. The van der Waals surface area contributed by atoms with Gasteiger partial charge in [0.05, 0.1) is 11.8 Å². The van der Waals surface area contributed by atoms with Gasteiger partial charge in [0.1, 0.15) is 0 Å². The molecule has 0 saturated carbocycles. The molecule has 1 amide bonds. The van der Waals surface area contributed by atoms with Crippen LogP contribution in [0.15, 0.2) is 23.4 Å². The van der Waals surface area contributed by atoms with Crippen LogP contribution in [0.5, 0.6) is 11.5 Å². The number of alkyl halides is 3. The van der Waals surface area contributed by atoms with E-state index in [-0.39, 0.29) is 29.7 Å². The summed E-state index contributed by atoms with van der Waals surface area (Å²) in [5.41, 5.74) is 0.825. The summed E-state index contributed by atoms with van der Waals surface area (Å²) in [6.07, 6.45) is -4.59. The van der Waals surface area contributed by atoms with Crippen molar-refractivity contribution >= 4 is 17.7 Å². The van der Waals surface area contributed by atoms with E-state index in [1.165, 1.54) is 7.05 Å². The zero-order chi connectivity index (χ0) is 18.9. The van der Waals surface area contributed by atoms with E-state index in [9.17, 15) is 18.0 Å². The van der Waals surface area contributed by atoms with E-state index in [1.54, 1.807) is 19.1 Å². The molecule has 0 unspecified atom stereocenters. The maximum atomic E-state index is 12.7. The predicted octanol–water partition coefficient (Wildman–Crippen LogP) is 2.53. The minimum Gasteiger partial charge on any atom is -0.454 e. The maximum Gasteiger partial charge on any atom is 0.451 e. The zero-order valence-corrected chi connectivity index (χ0v) is 14.6. The van der Waals surface area contributed by atoms with Gasteiger partial charge >= 0.3 is 6.18 Å². The van der Waals surface area contributed by atoms with Gasteiger partial charge in [-0.3, -0.25) is 4.79 Å². The molecule has 2 aromatic rings. The molecule has 3 rings (SSSR count). The number of nitrogens with zero attached hydrogens (tertiary/aromatic N) is 3. The Bertz CT molecular complexity index is 825. The highest BCUT2D eigenvalue weighted by molar-refractivity contribution is 7.99. The molecule has 0 radical (unpaired) electrons. The van der Waals surface area contributed by atoms with E-state index in [2.05, 4.69) is 15.5 Å². The van der Waals surface area contributed by atoms with Crippen molar-refractivity contribution < 1.29 is 27.4 Å². The molecular formula is C15H15F3N4O3S. The van der Waals surface area contributed by atoms with Gasteiger partial charge in [-0.25, -0.2) is 0 Å². The number of carbonyl (C=O) groups excluding carboxylic acids is 1. The van der Waals surface area contributed by atoms with Gasteiger partial charge in [0, 0.05) is 7.05 Å². The molecule has 1 aromatic heterocycles. The summed E-state index contributed by atoms with van der Waals surface area (Å²) in [4.78, 5) is 12.1. The molecule has 140 valence electrons. The number of halogens is 3. The second kappa shape index (κ2) is 7.06. The Hall–Kier alpha value is -2.43. The van der Waals surface area contributed by atoms with Crippen LogP contribution in [0.3, 0.4) is 0 Å². The third kappa shape index (κ3) is 3.87. The van der Waals surface area contributed by atoms with E-state index in [0.29, 0.717) is 11.5 Å². The molecule has 0 aliphatic carbocycles. The van der Waals surface area contributed by atoms with Gasteiger partial charge in [0.15, 0.2) is 16.7 Å². The highest BCUT2D eigenvalue weighted by Crippen LogP contribution is 2.34. The van der Waals surface area contributed by atoms with Crippen molar-refractivity contribution in [2.75, 3.05) is 12.5 Å². The van der Waals surface area contributed by atoms with Crippen LogP contribution in [-0.4, -0.2) is 33.2 Å². The largest absolute Gasteiger partial charge is 0.454 e. The van der Waals surface area contributed by atoms with Gasteiger partial charge in [0.2, 0.25) is 18.5 Å². The Morgan fingerprint density at radius 2 is 2.08 bits per heavy atom. The van der Waals surface area contributed by atoms with Gasteiger partial charge in [0.25, 0.3) is 0 Å². The number of amides is 1. The average molecular weight is 388 g/mol. The number of nitrogens with one attached hydrogen (secondary N) is 1. The molecule has 1 aliphatic rings. The number of benzene rings is 1. The highest BCUT2D eigenvalue weighted by Gasteiger charge is 2.37. The summed E-state index contributed by atoms with van der Waals surface area (Å²) in [6, 6.07) is 5.04. The molecule has 0 spiro atoms. The zero-order valence-electron chi connectivity index (χ0n) is 13.8. The number of rotatable bonds is 5. The first-order valence-corrected chi connectivity index (χ1v) is 8.52. The summed E-state index contributed by atoms with van der Waals surface area (Å²) in [7, 11) is 1.21. The second-order valence-electron chi connectivity index (χ2n) is 5.55. The molecule has 7 nitrogen and oxygen atoms in total. The number of hydrogen-bond donors (Lipinski definition) is 1. The second-order valence-corrected chi connectivity index (χ2v) is 6.50. The van der Waals surface area contributed by atoms with Crippen LogP contribution in [0.4, 0.5) is 13.2 Å². The van der Waals surface area contributed by atoms with E-state index < -0.39 is 12.0 Å². The predicted molar refractivity (Wildman–Crippen MR) is 85.9 cm³/mol. The number of carbonyl (C=O) groups is 1. The van der Waals surface area contributed by atoms with E-state index in [4.69, 9.17) is 9.47 Å². The Morgan fingerprint density at radius 3 is 2.77 bits per heavy atom. The fraction of sp³-hybridized carbons (Fsp3) is 0.400. The van der Waals surface area contributed by atoms with Crippen LogP contribution < -0.4 is 14.8 Å². The van der Waals surface area contributed by atoms with Crippen LogP contribution >= 0.6 is 11.8 Å².